The highest BCUT2D eigenvalue weighted by molar-refractivity contribution is 7.76. The fraction of sp³-hybridized carbons (Fsp3) is 0.0175. The summed E-state index contributed by atoms with van der Waals surface area (Å²) in [5.74, 6) is 2.63. The zero-order chi connectivity index (χ0) is 45.5. The third-order valence-corrected chi connectivity index (χ3v) is 12.9. The van der Waals surface area contributed by atoms with Crippen LogP contribution in [0.1, 0.15) is 22.3 Å². The molecule has 9 aromatic carbocycles. The van der Waals surface area contributed by atoms with Crippen molar-refractivity contribution in [3.05, 3.63) is 259 Å². The lowest BCUT2D eigenvalue weighted by atomic mass is 8.81. The molecule has 0 spiro atoms. The molecule has 0 saturated heterocycles. The smallest absolute Gasteiger partial charge is 0.178 e. The largest absolute Gasteiger partial charge is 0.451 e. The number of anilines is 6. The number of ether oxygens (including phenoxy) is 1. The van der Waals surface area contributed by atoms with E-state index in [1.54, 1.807) is 0 Å². The van der Waals surface area contributed by atoms with Gasteiger partial charge in [-0.05, 0) is 118 Å². The molecular weight excluding hydrogens is 808 g/mol. The number of hydrogen-bond acceptors (Lipinski definition) is 3. The highest BCUT2D eigenvalue weighted by Crippen LogP contribution is 2.58. The van der Waals surface area contributed by atoms with Gasteiger partial charge in [0.25, 0.3) is 0 Å². The average molecular weight is 847 g/mol. The van der Waals surface area contributed by atoms with Gasteiger partial charge in [0.1, 0.15) is 0 Å². The maximum atomic E-state index is 6.79. The standard InChI is InChI=1S/C57H39N3O.B6/c1-5-19-40(20-6-1)57(41-21-7-2-8-22-41)50-29-15-13-27-47(50)48-38-37-46(39-51(48)57)58(42-23-9-3-10-24-42)44-33-35-45(36-34-44)60-53-31-17-18-32-54(53)61-55-49-28-14-16-30-52(49)59(56(55)60)43-25-11-4-12-26-43;1-5(2)6(3)4/h1-39H;. The number of para-hydroxylation sites is 5. The van der Waals surface area contributed by atoms with E-state index in [1.165, 1.54) is 33.4 Å². The van der Waals surface area contributed by atoms with Gasteiger partial charge in [-0.25, -0.2) is 0 Å². The van der Waals surface area contributed by atoms with E-state index in [4.69, 9.17) is 35.7 Å². The lowest BCUT2D eigenvalue weighted by Gasteiger charge is -2.35. The summed E-state index contributed by atoms with van der Waals surface area (Å²) in [6, 6.07) is 85.1. The Labute approximate surface area is 398 Å². The van der Waals surface area contributed by atoms with Crippen LogP contribution in [0.25, 0.3) is 27.7 Å². The van der Waals surface area contributed by atoms with E-state index in [-0.39, 0.29) is 0 Å². The second-order valence-corrected chi connectivity index (χ2v) is 16.8. The first-order valence-corrected chi connectivity index (χ1v) is 22.5. The van der Waals surface area contributed by atoms with Crippen LogP contribution in [0.15, 0.2) is 237 Å². The third kappa shape index (κ3) is 7.19. The molecule has 306 valence electrons. The van der Waals surface area contributed by atoms with Crippen LogP contribution in [-0.2, 0) is 5.41 Å². The molecule has 2 aliphatic rings. The fourth-order valence-corrected chi connectivity index (χ4v) is 9.90. The predicted octanol–water partition coefficient (Wildman–Crippen LogP) is 12.8. The van der Waals surface area contributed by atoms with Crippen molar-refractivity contribution < 1.29 is 4.74 Å². The van der Waals surface area contributed by atoms with Gasteiger partial charge in [0.05, 0.1) is 16.6 Å². The summed E-state index contributed by atoms with van der Waals surface area (Å²) in [5.41, 5.74) is 14.5. The molecule has 1 aromatic heterocycles. The molecule has 12 rings (SSSR count). The molecular formula is C57H39B6N3O. The molecule has 10 aromatic rings. The molecule has 67 heavy (non-hydrogen) atoms. The van der Waals surface area contributed by atoms with Gasteiger partial charge in [-0.1, -0.05) is 152 Å². The molecule has 1 aliphatic carbocycles. The number of aromatic nitrogens is 1. The summed E-state index contributed by atoms with van der Waals surface area (Å²) in [5, 5.41) is 1.06. The van der Waals surface area contributed by atoms with Crippen molar-refractivity contribution in [2.75, 3.05) is 9.80 Å². The molecule has 2 heterocycles. The molecule has 10 heteroatoms. The molecule has 0 fully saturated rings. The quantitative estimate of drug-likeness (QED) is 0.142. The van der Waals surface area contributed by atoms with Gasteiger partial charge in [-0.3, -0.25) is 9.47 Å². The Hall–Kier alpha value is -7.69. The van der Waals surface area contributed by atoms with Gasteiger partial charge in [0.15, 0.2) is 17.3 Å². The number of fused-ring (bicyclic) bond motifs is 7. The zero-order valence-corrected chi connectivity index (χ0v) is 36.7. The van der Waals surface area contributed by atoms with E-state index in [9.17, 15) is 0 Å². The van der Waals surface area contributed by atoms with Crippen LogP contribution < -0.4 is 14.5 Å². The Kier molecular flexibility index (Phi) is 11.0. The Morgan fingerprint density at radius 1 is 0.433 bits per heavy atom. The summed E-state index contributed by atoms with van der Waals surface area (Å²) in [4.78, 5) is 4.73. The highest BCUT2D eigenvalue weighted by atomic mass is 16.5. The first kappa shape index (κ1) is 42.0. The predicted molar refractivity (Wildman–Crippen MR) is 285 cm³/mol. The van der Waals surface area contributed by atoms with Gasteiger partial charge in [0, 0.05) is 77.5 Å². The molecule has 8 radical (unpaired) electrons. The third-order valence-electron chi connectivity index (χ3n) is 12.9. The summed E-state index contributed by atoms with van der Waals surface area (Å²) < 4.78 is 9.11. The van der Waals surface area contributed by atoms with Gasteiger partial charge >= 0.3 is 0 Å². The van der Waals surface area contributed by atoms with Crippen LogP contribution in [-0.4, -0.2) is 48.3 Å². The second-order valence-electron chi connectivity index (χ2n) is 16.8. The van der Waals surface area contributed by atoms with Crippen LogP contribution in [0.2, 0.25) is 0 Å². The first-order valence-electron chi connectivity index (χ1n) is 22.5. The van der Waals surface area contributed by atoms with Crippen molar-refractivity contribution in [1.29, 1.82) is 0 Å². The van der Waals surface area contributed by atoms with E-state index in [0.29, 0.717) is 0 Å². The maximum Gasteiger partial charge on any atom is 0.178 e. The van der Waals surface area contributed by atoms with Gasteiger partial charge in [0.2, 0.25) is 0 Å². The normalized spacial score (nSPS) is 12.6. The van der Waals surface area contributed by atoms with E-state index in [2.05, 4.69) is 245 Å². The van der Waals surface area contributed by atoms with Crippen LogP contribution in [0, 0.1) is 0 Å². The molecule has 1 aliphatic heterocycles. The molecule has 0 unspecified atom stereocenters. The molecule has 0 bridgehead atoms. The molecule has 0 N–H and O–H groups in total. The van der Waals surface area contributed by atoms with Gasteiger partial charge < -0.3 is 9.64 Å². The number of hydrogen-bond donors (Lipinski definition) is 0. The topological polar surface area (TPSA) is 20.6 Å². The van der Waals surface area contributed by atoms with E-state index in [0.717, 1.165) is 62.3 Å². The van der Waals surface area contributed by atoms with Crippen molar-refractivity contribution in [1.82, 2.24) is 4.57 Å². The Morgan fingerprint density at radius 2 is 0.955 bits per heavy atom. The first-order chi connectivity index (χ1) is 32.9. The van der Waals surface area contributed by atoms with Crippen molar-refractivity contribution in [2.24, 2.45) is 0 Å². The monoisotopic (exact) mass is 847 g/mol. The van der Waals surface area contributed by atoms with Crippen LogP contribution >= 0.6 is 0 Å². The number of rotatable bonds is 8. The minimum atomic E-state index is -0.593. The summed E-state index contributed by atoms with van der Waals surface area (Å²) in [6.45, 7) is 0. The average Bonchev–Trinajstić information content (AvgIpc) is 3.87. The summed E-state index contributed by atoms with van der Waals surface area (Å²) in [6.07, 6.45) is -1.19. The number of nitrogens with zero attached hydrogens (tertiary/aromatic N) is 3. The van der Waals surface area contributed by atoms with Crippen molar-refractivity contribution in [3.63, 3.8) is 0 Å². The highest BCUT2D eigenvalue weighted by Gasteiger charge is 2.46. The maximum absolute atomic E-state index is 6.79. The fourth-order valence-electron chi connectivity index (χ4n) is 9.90. The van der Waals surface area contributed by atoms with Gasteiger partial charge in [-0.15, -0.1) is 0 Å². The molecule has 0 saturated carbocycles. The SMILES string of the molecule is [B]B([B])B([B])[B].c1ccc(N(c2ccc(N3c4ccccc4Oc4c3n(-c3ccccc3)c3ccccc43)cc2)c2ccc3c(c2)C(c2ccccc2)(c2ccccc2)c2ccccc2-3)cc1. The Balaban J connectivity index is 0.000000775. The van der Waals surface area contributed by atoms with Crippen molar-refractivity contribution in [2.45, 2.75) is 5.41 Å². The van der Waals surface area contributed by atoms with Gasteiger partial charge in [-0.2, -0.15) is 0 Å². The van der Waals surface area contributed by atoms with E-state index >= 15 is 0 Å². The second kappa shape index (κ2) is 17.6. The van der Waals surface area contributed by atoms with E-state index in [1.807, 2.05) is 6.07 Å². The molecule has 4 nitrogen and oxygen atoms in total. The minimum Gasteiger partial charge on any atom is -0.451 e. The lowest BCUT2D eigenvalue weighted by Crippen LogP contribution is -2.38. The van der Waals surface area contributed by atoms with Crippen molar-refractivity contribution in [3.8, 4) is 28.3 Å². The van der Waals surface area contributed by atoms with E-state index < -0.39 is 18.2 Å². The van der Waals surface area contributed by atoms with Crippen LogP contribution in [0.5, 0.6) is 11.5 Å². The van der Waals surface area contributed by atoms with Crippen LogP contribution in [0.4, 0.5) is 34.3 Å². The summed E-state index contributed by atoms with van der Waals surface area (Å²) >= 11 is 0. The van der Waals surface area contributed by atoms with Crippen molar-refractivity contribution >= 4 is 88.9 Å². The Bertz CT molecular complexity index is 3300. The minimum absolute atomic E-state index is 0.505. The molecule has 0 atom stereocenters. The zero-order valence-electron chi connectivity index (χ0n) is 36.7. The Morgan fingerprint density at radius 3 is 1.63 bits per heavy atom. The van der Waals surface area contributed by atoms with Crippen LogP contribution in [0.3, 0.4) is 0 Å². The number of benzene rings is 9. The summed E-state index contributed by atoms with van der Waals surface area (Å²) in [7, 11) is 19.9. The lowest BCUT2D eigenvalue weighted by molar-refractivity contribution is 0.481. The molecule has 0 amide bonds.